The number of carbonyl (C=O) groups excluding carboxylic acids is 1. The molecule has 138 valence electrons. The first-order valence-corrected chi connectivity index (χ1v) is 8.69. The van der Waals surface area contributed by atoms with Gasteiger partial charge >= 0.3 is 0 Å². The fourth-order valence-electron chi connectivity index (χ4n) is 2.80. The molecule has 2 aromatic rings. The molecule has 1 aromatic carbocycles. The second-order valence-electron chi connectivity index (χ2n) is 5.78. The first-order chi connectivity index (χ1) is 11.2. The van der Waals surface area contributed by atoms with Gasteiger partial charge in [-0.2, -0.15) is 0 Å². The van der Waals surface area contributed by atoms with Crippen molar-refractivity contribution in [2.24, 2.45) is 0 Å². The SMILES string of the molecule is CNC1CCN(C(=O)c2csc(Cc3ccc(F)cc3)n2)CC1.Cl.Cl. The molecule has 1 aliphatic rings. The average molecular weight is 406 g/mol. The highest BCUT2D eigenvalue weighted by molar-refractivity contribution is 7.09. The van der Waals surface area contributed by atoms with E-state index >= 15 is 0 Å². The van der Waals surface area contributed by atoms with E-state index in [0.29, 0.717) is 18.2 Å². The van der Waals surface area contributed by atoms with Crippen LogP contribution in [-0.2, 0) is 6.42 Å². The number of amides is 1. The number of benzene rings is 1. The van der Waals surface area contributed by atoms with Crippen molar-refractivity contribution in [3.63, 3.8) is 0 Å². The van der Waals surface area contributed by atoms with E-state index in [4.69, 9.17) is 0 Å². The summed E-state index contributed by atoms with van der Waals surface area (Å²) in [5, 5.41) is 5.96. The lowest BCUT2D eigenvalue weighted by Crippen LogP contribution is -2.44. The quantitative estimate of drug-likeness (QED) is 0.845. The molecule has 0 saturated carbocycles. The number of carbonyl (C=O) groups is 1. The number of halogens is 3. The van der Waals surface area contributed by atoms with Gasteiger partial charge in [0.2, 0.25) is 0 Å². The van der Waals surface area contributed by atoms with Crippen LogP contribution in [0.2, 0.25) is 0 Å². The zero-order chi connectivity index (χ0) is 16.2. The minimum atomic E-state index is -0.242. The highest BCUT2D eigenvalue weighted by Crippen LogP contribution is 2.18. The van der Waals surface area contributed by atoms with Crippen molar-refractivity contribution in [2.75, 3.05) is 20.1 Å². The number of hydrogen-bond donors (Lipinski definition) is 1. The fourth-order valence-corrected chi connectivity index (χ4v) is 3.60. The molecular weight excluding hydrogens is 384 g/mol. The van der Waals surface area contributed by atoms with E-state index < -0.39 is 0 Å². The molecule has 25 heavy (non-hydrogen) atoms. The fraction of sp³-hybridized carbons (Fsp3) is 0.412. The lowest BCUT2D eigenvalue weighted by molar-refractivity contribution is 0.0702. The van der Waals surface area contributed by atoms with Crippen LogP contribution in [0.4, 0.5) is 4.39 Å². The van der Waals surface area contributed by atoms with Crippen molar-refractivity contribution in [3.05, 3.63) is 51.7 Å². The maximum absolute atomic E-state index is 12.9. The highest BCUT2D eigenvalue weighted by Gasteiger charge is 2.24. The van der Waals surface area contributed by atoms with E-state index in [1.165, 1.54) is 23.5 Å². The van der Waals surface area contributed by atoms with Crippen LogP contribution in [0.25, 0.3) is 0 Å². The van der Waals surface area contributed by atoms with Gasteiger partial charge in [0.15, 0.2) is 0 Å². The standard InChI is InChI=1S/C17H20FN3OS.2ClH/c1-19-14-6-8-21(9-7-14)17(22)15-11-23-16(20-15)10-12-2-4-13(18)5-3-12;;/h2-5,11,14,19H,6-10H2,1H3;2*1H. The normalized spacial score (nSPS) is 14.6. The van der Waals surface area contributed by atoms with Crippen molar-refractivity contribution in [3.8, 4) is 0 Å². The second kappa shape index (κ2) is 10.1. The maximum atomic E-state index is 12.9. The zero-order valence-corrected chi connectivity index (χ0v) is 16.4. The average Bonchev–Trinajstić information content (AvgIpc) is 3.05. The number of piperidine rings is 1. The first-order valence-electron chi connectivity index (χ1n) is 7.81. The molecular formula is C17H22Cl2FN3OS. The Morgan fingerprint density at radius 3 is 2.52 bits per heavy atom. The molecule has 2 heterocycles. The summed E-state index contributed by atoms with van der Waals surface area (Å²) in [6.45, 7) is 1.55. The van der Waals surface area contributed by atoms with Gasteiger partial charge in [0.1, 0.15) is 11.5 Å². The lowest BCUT2D eigenvalue weighted by atomic mass is 10.1. The highest BCUT2D eigenvalue weighted by atomic mass is 35.5. The van der Waals surface area contributed by atoms with Crippen LogP contribution in [0, 0.1) is 5.82 Å². The third-order valence-corrected chi connectivity index (χ3v) is 5.08. The Kier molecular flexibility index (Phi) is 8.79. The summed E-state index contributed by atoms with van der Waals surface area (Å²) >= 11 is 1.48. The Bertz CT molecular complexity index is 673. The van der Waals surface area contributed by atoms with Crippen molar-refractivity contribution in [2.45, 2.75) is 25.3 Å². The Balaban J connectivity index is 0.00000156. The Labute approximate surface area is 163 Å². The van der Waals surface area contributed by atoms with Crippen LogP contribution in [0.15, 0.2) is 29.6 Å². The van der Waals surface area contributed by atoms with Gasteiger partial charge in [-0.15, -0.1) is 36.2 Å². The van der Waals surface area contributed by atoms with Crippen LogP contribution < -0.4 is 5.32 Å². The van der Waals surface area contributed by atoms with Crippen LogP contribution in [-0.4, -0.2) is 42.0 Å². The Morgan fingerprint density at radius 2 is 1.92 bits per heavy atom. The number of hydrogen-bond acceptors (Lipinski definition) is 4. The molecule has 0 unspecified atom stereocenters. The van der Waals surface area contributed by atoms with E-state index in [1.807, 2.05) is 17.3 Å². The van der Waals surface area contributed by atoms with Crippen LogP contribution in [0.3, 0.4) is 0 Å². The summed E-state index contributed by atoms with van der Waals surface area (Å²) in [6.07, 6.45) is 2.59. The summed E-state index contributed by atoms with van der Waals surface area (Å²) in [6, 6.07) is 6.90. The van der Waals surface area contributed by atoms with Gasteiger partial charge in [-0.1, -0.05) is 12.1 Å². The van der Waals surface area contributed by atoms with E-state index in [0.717, 1.165) is 36.5 Å². The third kappa shape index (κ3) is 5.64. The largest absolute Gasteiger partial charge is 0.337 e. The number of nitrogens with one attached hydrogen (secondary N) is 1. The Hall–Kier alpha value is -1.21. The van der Waals surface area contributed by atoms with Crippen molar-refractivity contribution >= 4 is 42.1 Å². The number of rotatable bonds is 4. The van der Waals surface area contributed by atoms with Gasteiger partial charge in [0, 0.05) is 30.9 Å². The van der Waals surface area contributed by atoms with E-state index in [2.05, 4.69) is 10.3 Å². The van der Waals surface area contributed by atoms with Gasteiger partial charge in [-0.25, -0.2) is 9.37 Å². The third-order valence-electron chi connectivity index (χ3n) is 4.23. The second-order valence-corrected chi connectivity index (χ2v) is 6.73. The first kappa shape index (κ1) is 21.8. The molecule has 1 fully saturated rings. The summed E-state index contributed by atoms with van der Waals surface area (Å²) < 4.78 is 12.9. The minimum Gasteiger partial charge on any atom is -0.337 e. The number of nitrogens with zero attached hydrogens (tertiary/aromatic N) is 2. The molecule has 0 radical (unpaired) electrons. The predicted molar refractivity (Wildman–Crippen MR) is 104 cm³/mol. The van der Waals surface area contributed by atoms with Gasteiger partial charge in [0.05, 0.1) is 5.01 Å². The molecule has 1 N–H and O–H groups in total. The summed E-state index contributed by atoms with van der Waals surface area (Å²) in [5.74, 6) is -0.227. The Morgan fingerprint density at radius 1 is 1.28 bits per heavy atom. The molecule has 0 aliphatic carbocycles. The van der Waals surface area contributed by atoms with Crippen molar-refractivity contribution < 1.29 is 9.18 Å². The summed E-state index contributed by atoms with van der Waals surface area (Å²) in [5.41, 5.74) is 1.52. The predicted octanol–water partition coefficient (Wildman–Crippen LogP) is 3.54. The molecule has 8 heteroatoms. The topological polar surface area (TPSA) is 45.2 Å². The molecule has 3 rings (SSSR count). The molecule has 1 aromatic heterocycles. The number of likely N-dealkylation sites (tertiary alicyclic amines) is 1. The molecule has 1 saturated heterocycles. The molecule has 0 bridgehead atoms. The van der Waals surface area contributed by atoms with Gasteiger partial charge in [-0.05, 0) is 37.6 Å². The van der Waals surface area contributed by atoms with Gasteiger partial charge < -0.3 is 10.2 Å². The van der Waals surface area contributed by atoms with Crippen molar-refractivity contribution in [1.29, 1.82) is 0 Å². The van der Waals surface area contributed by atoms with Gasteiger partial charge in [0.25, 0.3) is 5.91 Å². The van der Waals surface area contributed by atoms with Crippen molar-refractivity contribution in [1.82, 2.24) is 15.2 Å². The molecule has 1 amide bonds. The lowest BCUT2D eigenvalue weighted by Gasteiger charge is -2.31. The summed E-state index contributed by atoms with van der Waals surface area (Å²) in [7, 11) is 1.96. The van der Waals surface area contributed by atoms with E-state index in [1.54, 1.807) is 12.1 Å². The number of aromatic nitrogens is 1. The molecule has 0 atom stereocenters. The summed E-state index contributed by atoms with van der Waals surface area (Å²) in [4.78, 5) is 18.8. The number of thiazole rings is 1. The van der Waals surface area contributed by atoms with Crippen LogP contribution >= 0.6 is 36.2 Å². The van der Waals surface area contributed by atoms with Gasteiger partial charge in [-0.3, -0.25) is 4.79 Å². The molecule has 1 aliphatic heterocycles. The smallest absolute Gasteiger partial charge is 0.273 e. The van der Waals surface area contributed by atoms with E-state index in [-0.39, 0.29) is 36.5 Å². The molecule has 4 nitrogen and oxygen atoms in total. The zero-order valence-electron chi connectivity index (χ0n) is 13.9. The monoisotopic (exact) mass is 405 g/mol. The maximum Gasteiger partial charge on any atom is 0.273 e. The van der Waals surface area contributed by atoms with Crippen LogP contribution in [0.5, 0.6) is 0 Å². The van der Waals surface area contributed by atoms with Crippen LogP contribution in [0.1, 0.15) is 33.9 Å². The molecule has 0 spiro atoms. The minimum absolute atomic E-state index is 0. The van der Waals surface area contributed by atoms with E-state index in [9.17, 15) is 9.18 Å².